The molecule has 0 saturated carbocycles. The zero-order valence-corrected chi connectivity index (χ0v) is 12.3. The van der Waals surface area contributed by atoms with Gasteiger partial charge in [-0.25, -0.2) is 4.39 Å². The predicted octanol–water partition coefficient (Wildman–Crippen LogP) is 5.15. The number of aryl methyl sites for hydroxylation is 1. The third-order valence-corrected chi connectivity index (χ3v) is 4.02. The number of halogens is 5. The zero-order chi connectivity index (χ0) is 15.8. The molecule has 110 valence electrons. The van der Waals surface area contributed by atoms with Crippen molar-refractivity contribution in [2.24, 2.45) is 0 Å². The third kappa shape index (κ3) is 3.15. The predicted molar refractivity (Wildman–Crippen MR) is 73.7 cm³/mol. The van der Waals surface area contributed by atoms with E-state index >= 15 is 0 Å². The van der Waals surface area contributed by atoms with Gasteiger partial charge in [0.25, 0.3) is 0 Å². The molecule has 0 N–H and O–H groups in total. The lowest BCUT2D eigenvalue weighted by molar-refractivity contribution is -0.140. The van der Waals surface area contributed by atoms with Gasteiger partial charge in [0, 0.05) is 15.6 Å². The van der Waals surface area contributed by atoms with Crippen LogP contribution in [0.25, 0.3) is 0 Å². The molecule has 0 unspecified atom stereocenters. The Morgan fingerprint density at radius 2 is 1.81 bits per heavy atom. The van der Waals surface area contributed by atoms with Gasteiger partial charge in [-0.05, 0) is 52.7 Å². The van der Waals surface area contributed by atoms with Gasteiger partial charge >= 0.3 is 6.18 Å². The fourth-order valence-corrected chi connectivity index (χ4v) is 2.31. The molecule has 2 aromatic rings. The van der Waals surface area contributed by atoms with E-state index in [0.29, 0.717) is 16.6 Å². The molecule has 0 radical (unpaired) electrons. The normalized spacial score (nSPS) is 11.5. The van der Waals surface area contributed by atoms with Gasteiger partial charge in [0.15, 0.2) is 5.78 Å². The number of rotatable bonds is 2. The van der Waals surface area contributed by atoms with E-state index in [9.17, 15) is 22.4 Å². The second-order valence-corrected chi connectivity index (χ2v) is 5.25. The van der Waals surface area contributed by atoms with Crippen LogP contribution in [0.2, 0.25) is 0 Å². The lowest BCUT2D eigenvalue weighted by Gasteiger charge is -2.11. The van der Waals surface area contributed by atoms with Crippen LogP contribution in [0.15, 0.2) is 40.9 Å². The minimum absolute atomic E-state index is 0.213. The monoisotopic (exact) mass is 360 g/mol. The molecule has 0 atom stereocenters. The summed E-state index contributed by atoms with van der Waals surface area (Å²) >= 11 is 3.23. The van der Waals surface area contributed by atoms with E-state index in [1.54, 1.807) is 19.1 Å². The second-order valence-electron chi connectivity index (χ2n) is 4.46. The van der Waals surface area contributed by atoms with Crippen LogP contribution in [0.1, 0.15) is 27.0 Å². The minimum atomic E-state index is -4.84. The Balaban J connectivity index is 2.52. The second kappa shape index (κ2) is 5.60. The SMILES string of the molecule is Cc1cccc(C(=O)c2ccc(F)c(C(F)(F)F)c2)c1Br. The van der Waals surface area contributed by atoms with Crippen LogP contribution in [0, 0.1) is 12.7 Å². The van der Waals surface area contributed by atoms with Crippen molar-refractivity contribution in [3.05, 3.63) is 68.9 Å². The van der Waals surface area contributed by atoms with Gasteiger partial charge in [-0.2, -0.15) is 13.2 Å². The average Bonchev–Trinajstić information content (AvgIpc) is 2.40. The van der Waals surface area contributed by atoms with E-state index in [1.807, 2.05) is 0 Å². The van der Waals surface area contributed by atoms with Gasteiger partial charge in [-0.1, -0.05) is 12.1 Å². The highest BCUT2D eigenvalue weighted by atomic mass is 79.9. The first-order valence-electron chi connectivity index (χ1n) is 5.88. The molecule has 0 fully saturated rings. The van der Waals surface area contributed by atoms with Crippen molar-refractivity contribution in [3.63, 3.8) is 0 Å². The molecule has 0 amide bonds. The Labute approximate surface area is 126 Å². The summed E-state index contributed by atoms with van der Waals surface area (Å²) in [7, 11) is 0. The summed E-state index contributed by atoms with van der Waals surface area (Å²) in [6.07, 6.45) is -4.84. The van der Waals surface area contributed by atoms with Crippen molar-refractivity contribution in [2.75, 3.05) is 0 Å². The Morgan fingerprint density at radius 1 is 1.14 bits per heavy atom. The quantitative estimate of drug-likeness (QED) is 0.534. The van der Waals surface area contributed by atoms with E-state index < -0.39 is 23.3 Å². The van der Waals surface area contributed by atoms with Gasteiger partial charge in [-0.3, -0.25) is 4.79 Å². The maximum atomic E-state index is 13.2. The smallest absolute Gasteiger partial charge is 0.289 e. The van der Waals surface area contributed by atoms with Gasteiger partial charge < -0.3 is 0 Å². The van der Waals surface area contributed by atoms with Crippen molar-refractivity contribution in [1.82, 2.24) is 0 Å². The molecule has 2 rings (SSSR count). The van der Waals surface area contributed by atoms with Crippen LogP contribution in [-0.4, -0.2) is 5.78 Å². The van der Waals surface area contributed by atoms with Crippen molar-refractivity contribution in [1.29, 1.82) is 0 Å². The first-order chi connectivity index (χ1) is 9.71. The van der Waals surface area contributed by atoms with Crippen LogP contribution < -0.4 is 0 Å². The van der Waals surface area contributed by atoms with Crippen molar-refractivity contribution >= 4 is 21.7 Å². The third-order valence-electron chi connectivity index (χ3n) is 2.97. The number of alkyl halides is 3. The van der Waals surface area contributed by atoms with Gasteiger partial charge in [0.05, 0.1) is 5.56 Å². The standard InChI is InChI=1S/C15H9BrF4O/c1-8-3-2-4-10(13(8)16)14(21)9-5-6-12(17)11(7-9)15(18,19)20/h2-7H,1H3. The van der Waals surface area contributed by atoms with Crippen molar-refractivity contribution in [3.8, 4) is 0 Å². The molecule has 0 bridgehead atoms. The highest BCUT2D eigenvalue weighted by molar-refractivity contribution is 9.10. The Bertz CT molecular complexity index is 707. The molecule has 0 aliphatic rings. The van der Waals surface area contributed by atoms with Gasteiger partial charge in [0.1, 0.15) is 5.82 Å². The molecule has 0 heterocycles. The summed E-state index contributed by atoms with van der Waals surface area (Å²) in [5.74, 6) is -2.00. The zero-order valence-electron chi connectivity index (χ0n) is 10.8. The largest absolute Gasteiger partial charge is 0.419 e. The molecule has 0 spiro atoms. The molecule has 1 nitrogen and oxygen atoms in total. The van der Waals surface area contributed by atoms with E-state index in [2.05, 4.69) is 15.9 Å². The van der Waals surface area contributed by atoms with Crippen LogP contribution in [0.3, 0.4) is 0 Å². The van der Waals surface area contributed by atoms with Crippen LogP contribution in [0.5, 0.6) is 0 Å². The molecule has 0 aromatic heterocycles. The molecule has 0 aliphatic heterocycles. The maximum absolute atomic E-state index is 13.2. The van der Waals surface area contributed by atoms with Crippen LogP contribution >= 0.6 is 15.9 Å². The molecule has 2 aromatic carbocycles. The minimum Gasteiger partial charge on any atom is -0.289 e. The van der Waals surface area contributed by atoms with E-state index in [-0.39, 0.29) is 11.1 Å². The summed E-state index contributed by atoms with van der Waals surface area (Å²) in [4.78, 5) is 12.3. The summed E-state index contributed by atoms with van der Waals surface area (Å²) in [5, 5.41) is 0. The maximum Gasteiger partial charge on any atom is 0.419 e. The first kappa shape index (κ1) is 15.7. The fraction of sp³-hybridized carbons (Fsp3) is 0.133. The molecule has 0 aliphatic carbocycles. The van der Waals surface area contributed by atoms with Gasteiger partial charge in [-0.15, -0.1) is 0 Å². The Hall–Kier alpha value is -1.69. The number of carbonyl (C=O) groups is 1. The van der Waals surface area contributed by atoms with E-state index in [0.717, 1.165) is 11.6 Å². The highest BCUT2D eigenvalue weighted by Crippen LogP contribution is 2.33. The number of carbonyl (C=O) groups excluding carboxylic acids is 1. The Kier molecular flexibility index (Phi) is 4.18. The van der Waals surface area contributed by atoms with E-state index in [1.165, 1.54) is 6.07 Å². The first-order valence-corrected chi connectivity index (χ1v) is 6.67. The molecule has 0 saturated heterocycles. The number of ketones is 1. The number of hydrogen-bond acceptors (Lipinski definition) is 1. The number of hydrogen-bond donors (Lipinski definition) is 0. The summed E-state index contributed by atoms with van der Waals surface area (Å²) < 4.78 is 51.8. The molecule has 6 heteroatoms. The molecular formula is C15H9BrF4O. The summed E-state index contributed by atoms with van der Waals surface area (Å²) in [5.41, 5.74) is -0.652. The summed E-state index contributed by atoms with van der Waals surface area (Å²) in [6.45, 7) is 1.76. The van der Waals surface area contributed by atoms with E-state index in [4.69, 9.17) is 0 Å². The van der Waals surface area contributed by atoms with Crippen molar-refractivity contribution in [2.45, 2.75) is 13.1 Å². The topological polar surface area (TPSA) is 17.1 Å². The molecule has 21 heavy (non-hydrogen) atoms. The summed E-state index contributed by atoms with van der Waals surface area (Å²) in [6, 6.07) is 7.11. The Morgan fingerprint density at radius 3 is 2.43 bits per heavy atom. The fourth-order valence-electron chi connectivity index (χ4n) is 1.86. The molecular weight excluding hydrogens is 352 g/mol. The van der Waals surface area contributed by atoms with Crippen molar-refractivity contribution < 1.29 is 22.4 Å². The highest BCUT2D eigenvalue weighted by Gasteiger charge is 2.34. The number of benzene rings is 2. The lowest BCUT2D eigenvalue weighted by atomic mass is 9.99. The van der Waals surface area contributed by atoms with Crippen LogP contribution in [-0.2, 0) is 6.18 Å². The van der Waals surface area contributed by atoms with Crippen LogP contribution in [0.4, 0.5) is 17.6 Å². The lowest BCUT2D eigenvalue weighted by Crippen LogP contribution is -2.11. The van der Waals surface area contributed by atoms with Gasteiger partial charge in [0.2, 0.25) is 0 Å². The average molecular weight is 361 g/mol.